The standard InChI is InChI=1S/C14H22BrN3/c1-11-9-18(12(8-16-2)10-17(11)3)14-7-5-4-6-13(14)15/h4-7,11-12,16H,8-10H2,1-3H3. The maximum atomic E-state index is 3.67. The molecule has 0 aliphatic carbocycles. The van der Waals surface area contributed by atoms with Gasteiger partial charge in [-0.1, -0.05) is 12.1 Å². The molecule has 0 bridgehead atoms. The summed E-state index contributed by atoms with van der Waals surface area (Å²) in [6.07, 6.45) is 0. The van der Waals surface area contributed by atoms with Crippen LogP contribution < -0.4 is 10.2 Å². The van der Waals surface area contributed by atoms with Gasteiger partial charge < -0.3 is 10.2 Å². The van der Waals surface area contributed by atoms with Gasteiger partial charge in [0, 0.05) is 30.1 Å². The van der Waals surface area contributed by atoms with E-state index in [1.54, 1.807) is 0 Å². The lowest BCUT2D eigenvalue weighted by atomic mass is 10.1. The Bertz CT molecular complexity index is 396. The zero-order chi connectivity index (χ0) is 13.1. The molecule has 1 fully saturated rings. The molecule has 3 nitrogen and oxygen atoms in total. The quantitative estimate of drug-likeness (QED) is 0.923. The van der Waals surface area contributed by atoms with Crippen LogP contribution in [-0.4, -0.2) is 50.7 Å². The first-order chi connectivity index (χ1) is 8.63. The zero-order valence-corrected chi connectivity index (χ0v) is 12.9. The van der Waals surface area contributed by atoms with Crippen LogP contribution in [0.3, 0.4) is 0 Å². The van der Waals surface area contributed by atoms with Gasteiger partial charge in [0.15, 0.2) is 0 Å². The van der Waals surface area contributed by atoms with Gasteiger partial charge in [0.25, 0.3) is 0 Å². The molecule has 2 atom stereocenters. The van der Waals surface area contributed by atoms with Crippen molar-refractivity contribution in [1.29, 1.82) is 0 Å². The van der Waals surface area contributed by atoms with Crippen molar-refractivity contribution in [1.82, 2.24) is 10.2 Å². The summed E-state index contributed by atoms with van der Waals surface area (Å²) in [5.41, 5.74) is 1.30. The molecule has 2 unspecified atom stereocenters. The van der Waals surface area contributed by atoms with Gasteiger partial charge in [-0.05, 0) is 49.1 Å². The molecule has 1 aromatic carbocycles. The second kappa shape index (κ2) is 6.04. The fourth-order valence-corrected chi connectivity index (χ4v) is 3.09. The van der Waals surface area contributed by atoms with Crippen LogP contribution in [0.2, 0.25) is 0 Å². The molecule has 0 radical (unpaired) electrons. The number of anilines is 1. The third-order valence-corrected chi connectivity index (χ3v) is 4.43. The number of halogens is 1. The second-order valence-corrected chi connectivity index (χ2v) is 5.96. The van der Waals surface area contributed by atoms with Crippen LogP contribution in [-0.2, 0) is 0 Å². The number of hydrogen-bond acceptors (Lipinski definition) is 3. The van der Waals surface area contributed by atoms with Crippen LogP contribution >= 0.6 is 15.9 Å². The molecule has 18 heavy (non-hydrogen) atoms. The molecule has 1 heterocycles. The van der Waals surface area contributed by atoms with Gasteiger partial charge in [0.1, 0.15) is 0 Å². The van der Waals surface area contributed by atoms with Crippen LogP contribution in [0.4, 0.5) is 5.69 Å². The lowest BCUT2D eigenvalue weighted by molar-refractivity contribution is 0.198. The number of nitrogens with zero attached hydrogens (tertiary/aromatic N) is 2. The maximum absolute atomic E-state index is 3.67. The van der Waals surface area contributed by atoms with Crippen molar-refractivity contribution >= 4 is 21.6 Å². The zero-order valence-electron chi connectivity index (χ0n) is 11.4. The van der Waals surface area contributed by atoms with Crippen molar-refractivity contribution < 1.29 is 0 Å². The minimum Gasteiger partial charge on any atom is -0.364 e. The van der Waals surface area contributed by atoms with Crippen molar-refractivity contribution in [3.05, 3.63) is 28.7 Å². The summed E-state index contributed by atoms with van der Waals surface area (Å²) in [6.45, 7) is 5.48. The Kier molecular flexibility index (Phi) is 4.65. The summed E-state index contributed by atoms with van der Waals surface area (Å²) in [5, 5.41) is 3.31. The lowest BCUT2D eigenvalue weighted by Gasteiger charge is -2.45. The monoisotopic (exact) mass is 311 g/mol. The van der Waals surface area contributed by atoms with E-state index in [0.717, 1.165) is 19.6 Å². The van der Waals surface area contributed by atoms with Gasteiger partial charge in [-0.25, -0.2) is 0 Å². The molecule has 2 rings (SSSR count). The van der Waals surface area contributed by atoms with Crippen molar-refractivity contribution in [2.24, 2.45) is 0 Å². The predicted octanol–water partition coefficient (Wildman–Crippen LogP) is 2.18. The summed E-state index contributed by atoms with van der Waals surface area (Å²) >= 11 is 3.67. The molecule has 4 heteroatoms. The molecule has 1 N–H and O–H groups in total. The number of likely N-dealkylation sites (N-methyl/N-ethyl adjacent to an activating group) is 2. The van der Waals surface area contributed by atoms with Crippen LogP contribution in [0, 0.1) is 0 Å². The van der Waals surface area contributed by atoms with Crippen molar-refractivity contribution in [2.45, 2.75) is 19.0 Å². The average Bonchev–Trinajstić information content (AvgIpc) is 2.35. The molecule has 1 saturated heterocycles. The van der Waals surface area contributed by atoms with Crippen LogP contribution in [0.15, 0.2) is 28.7 Å². The normalized spacial score (nSPS) is 25.4. The highest BCUT2D eigenvalue weighted by molar-refractivity contribution is 9.10. The van der Waals surface area contributed by atoms with E-state index >= 15 is 0 Å². The van der Waals surface area contributed by atoms with E-state index in [4.69, 9.17) is 0 Å². The third kappa shape index (κ3) is 2.87. The molecule has 1 aliphatic heterocycles. The van der Waals surface area contributed by atoms with E-state index in [1.165, 1.54) is 10.2 Å². The number of nitrogens with one attached hydrogen (secondary N) is 1. The summed E-state index contributed by atoms with van der Waals surface area (Å²) in [6, 6.07) is 9.61. The third-order valence-electron chi connectivity index (χ3n) is 3.75. The van der Waals surface area contributed by atoms with E-state index in [0.29, 0.717) is 12.1 Å². The van der Waals surface area contributed by atoms with Crippen molar-refractivity contribution in [3.8, 4) is 0 Å². The first-order valence-electron chi connectivity index (χ1n) is 6.49. The Morgan fingerprint density at radius 3 is 2.72 bits per heavy atom. The molecular weight excluding hydrogens is 290 g/mol. The Balaban J connectivity index is 2.25. The summed E-state index contributed by atoms with van der Waals surface area (Å²) < 4.78 is 1.18. The SMILES string of the molecule is CNCC1CN(C)C(C)CN1c1ccccc1Br. The summed E-state index contributed by atoms with van der Waals surface area (Å²) in [4.78, 5) is 4.96. The average molecular weight is 312 g/mol. The summed E-state index contributed by atoms with van der Waals surface area (Å²) in [7, 11) is 4.24. The van der Waals surface area contributed by atoms with Gasteiger partial charge >= 0.3 is 0 Å². The Hall–Kier alpha value is -0.580. The molecule has 100 valence electrons. The first-order valence-corrected chi connectivity index (χ1v) is 7.28. The Morgan fingerprint density at radius 1 is 1.33 bits per heavy atom. The van der Waals surface area contributed by atoms with Crippen LogP contribution in [0.5, 0.6) is 0 Å². The van der Waals surface area contributed by atoms with Crippen LogP contribution in [0.1, 0.15) is 6.92 Å². The van der Waals surface area contributed by atoms with E-state index in [1.807, 2.05) is 7.05 Å². The highest BCUT2D eigenvalue weighted by atomic mass is 79.9. The molecule has 1 aliphatic rings. The predicted molar refractivity (Wildman–Crippen MR) is 81.3 cm³/mol. The largest absolute Gasteiger partial charge is 0.364 e. The van der Waals surface area contributed by atoms with E-state index < -0.39 is 0 Å². The number of rotatable bonds is 3. The highest BCUT2D eigenvalue weighted by Gasteiger charge is 2.29. The van der Waals surface area contributed by atoms with Gasteiger partial charge in [0.2, 0.25) is 0 Å². The second-order valence-electron chi connectivity index (χ2n) is 5.10. The Morgan fingerprint density at radius 2 is 2.06 bits per heavy atom. The minimum atomic E-state index is 0.523. The van der Waals surface area contributed by atoms with Gasteiger partial charge in [0.05, 0.1) is 11.7 Å². The first kappa shape index (κ1) is 13.8. The maximum Gasteiger partial charge on any atom is 0.0542 e. The molecule has 0 spiro atoms. The van der Waals surface area contributed by atoms with E-state index in [2.05, 4.69) is 69.3 Å². The van der Waals surface area contributed by atoms with Crippen molar-refractivity contribution in [2.75, 3.05) is 38.6 Å². The molecule has 1 aromatic rings. The van der Waals surface area contributed by atoms with E-state index in [-0.39, 0.29) is 0 Å². The highest BCUT2D eigenvalue weighted by Crippen LogP contribution is 2.29. The van der Waals surface area contributed by atoms with Crippen LogP contribution in [0.25, 0.3) is 0 Å². The topological polar surface area (TPSA) is 18.5 Å². The number of piperazine rings is 1. The number of para-hydroxylation sites is 1. The fraction of sp³-hybridized carbons (Fsp3) is 0.571. The summed E-state index contributed by atoms with van der Waals surface area (Å²) in [5.74, 6) is 0. The van der Waals surface area contributed by atoms with E-state index in [9.17, 15) is 0 Å². The molecule has 0 aromatic heterocycles. The Labute approximate surface area is 118 Å². The number of hydrogen-bond donors (Lipinski definition) is 1. The van der Waals surface area contributed by atoms with Gasteiger partial charge in [-0.3, -0.25) is 4.90 Å². The minimum absolute atomic E-state index is 0.523. The van der Waals surface area contributed by atoms with Gasteiger partial charge in [-0.2, -0.15) is 0 Å². The fourth-order valence-electron chi connectivity index (χ4n) is 2.57. The molecule has 0 amide bonds. The smallest absolute Gasteiger partial charge is 0.0542 e. The molecule has 0 saturated carbocycles. The lowest BCUT2D eigenvalue weighted by Crippen LogP contribution is -2.59. The molecular formula is C14H22BrN3. The van der Waals surface area contributed by atoms with Gasteiger partial charge in [-0.15, -0.1) is 0 Å². The van der Waals surface area contributed by atoms with Crippen molar-refractivity contribution in [3.63, 3.8) is 0 Å². The number of benzene rings is 1.